The van der Waals surface area contributed by atoms with E-state index in [0.29, 0.717) is 5.69 Å². The van der Waals surface area contributed by atoms with Crippen molar-refractivity contribution in [2.24, 2.45) is 5.41 Å². The fourth-order valence-corrected chi connectivity index (χ4v) is 4.13. The molecular weight excluding hydrogens is 262 g/mol. The summed E-state index contributed by atoms with van der Waals surface area (Å²) in [6.07, 6.45) is 4.08. The first-order chi connectivity index (χ1) is 9.11. The predicted octanol–water partition coefficient (Wildman–Crippen LogP) is 2.99. The largest absolute Gasteiger partial charge is 0.478 e. The summed E-state index contributed by atoms with van der Waals surface area (Å²) in [7, 11) is 0. The van der Waals surface area contributed by atoms with E-state index in [9.17, 15) is 9.59 Å². The number of aromatic carboxylic acids is 1. The summed E-state index contributed by atoms with van der Waals surface area (Å²) in [5.74, 6) is -0.126. The second-order valence-electron chi connectivity index (χ2n) is 5.25. The van der Waals surface area contributed by atoms with Crippen LogP contribution in [-0.4, -0.2) is 22.7 Å². The number of hydrogen-bond donors (Lipinski definition) is 2. The number of carboxylic acids is 1. The van der Waals surface area contributed by atoms with Gasteiger partial charge in [-0.05, 0) is 31.0 Å². The summed E-state index contributed by atoms with van der Waals surface area (Å²) in [6, 6.07) is 4.93. The molecule has 2 aliphatic rings. The van der Waals surface area contributed by atoms with Gasteiger partial charge in [0.05, 0.1) is 16.7 Å². The molecule has 0 atom stereocenters. The van der Waals surface area contributed by atoms with Gasteiger partial charge in [-0.1, -0.05) is 12.8 Å². The number of hydrogen-bond acceptors (Lipinski definition) is 3. The Kier molecular flexibility index (Phi) is 3.01. The Morgan fingerprint density at radius 1 is 1.32 bits per heavy atom. The molecule has 2 N–H and O–H groups in total. The number of thioether (sulfide) groups is 1. The number of rotatable bonds is 1. The van der Waals surface area contributed by atoms with Crippen LogP contribution in [0.3, 0.4) is 0 Å². The van der Waals surface area contributed by atoms with Crippen LogP contribution in [0.5, 0.6) is 0 Å². The van der Waals surface area contributed by atoms with Crippen LogP contribution in [0.15, 0.2) is 23.1 Å². The Morgan fingerprint density at radius 2 is 2.05 bits per heavy atom. The summed E-state index contributed by atoms with van der Waals surface area (Å²) in [6.45, 7) is 0. The zero-order valence-corrected chi connectivity index (χ0v) is 11.3. The van der Waals surface area contributed by atoms with Crippen molar-refractivity contribution in [3.63, 3.8) is 0 Å². The van der Waals surface area contributed by atoms with Crippen LogP contribution in [0.2, 0.25) is 0 Å². The summed E-state index contributed by atoms with van der Waals surface area (Å²) in [4.78, 5) is 24.4. The number of carbonyl (C=O) groups is 2. The lowest BCUT2D eigenvalue weighted by atomic mass is 9.87. The summed E-state index contributed by atoms with van der Waals surface area (Å²) in [5, 5.41) is 11.9. The van der Waals surface area contributed by atoms with Crippen LogP contribution in [0.25, 0.3) is 0 Å². The standard InChI is InChI=1S/C14H15NO3S/c16-12(17)9-3-4-11-10(7-9)15-13(18)14(8-19-11)5-1-2-6-14/h3-4,7H,1-2,5-6,8H2,(H,15,18)(H,16,17). The maximum atomic E-state index is 12.4. The molecule has 1 aromatic rings. The zero-order valence-electron chi connectivity index (χ0n) is 10.4. The Balaban J connectivity index is 1.95. The maximum Gasteiger partial charge on any atom is 0.335 e. The molecule has 1 aliphatic heterocycles. The van der Waals surface area contributed by atoms with Crippen LogP contribution < -0.4 is 5.32 Å². The third kappa shape index (κ3) is 2.12. The van der Waals surface area contributed by atoms with E-state index in [2.05, 4.69) is 5.32 Å². The highest BCUT2D eigenvalue weighted by atomic mass is 32.2. The first kappa shape index (κ1) is 12.5. The smallest absolute Gasteiger partial charge is 0.335 e. The average Bonchev–Trinajstić information content (AvgIpc) is 2.81. The van der Waals surface area contributed by atoms with Gasteiger partial charge in [-0.2, -0.15) is 0 Å². The lowest BCUT2D eigenvalue weighted by Gasteiger charge is -2.24. The van der Waals surface area contributed by atoms with E-state index in [0.717, 1.165) is 36.3 Å². The first-order valence-corrected chi connectivity index (χ1v) is 7.41. The molecule has 1 heterocycles. The first-order valence-electron chi connectivity index (χ1n) is 6.42. The predicted molar refractivity (Wildman–Crippen MR) is 73.7 cm³/mol. The van der Waals surface area contributed by atoms with Crippen molar-refractivity contribution in [3.8, 4) is 0 Å². The normalized spacial score (nSPS) is 20.7. The molecule has 0 unspecified atom stereocenters. The van der Waals surface area contributed by atoms with E-state index in [-0.39, 0.29) is 16.9 Å². The lowest BCUT2D eigenvalue weighted by Crippen LogP contribution is -2.34. The summed E-state index contributed by atoms with van der Waals surface area (Å²) < 4.78 is 0. The summed E-state index contributed by atoms with van der Waals surface area (Å²) in [5.41, 5.74) is 0.591. The van der Waals surface area contributed by atoms with Crippen molar-refractivity contribution in [2.75, 3.05) is 11.1 Å². The lowest BCUT2D eigenvalue weighted by molar-refractivity contribution is -0.124. The molecule has 0 aromatic heterocycles. The second-order valence-corrected chi connectivity index (χ2v) is 6.26. The quantitative estimate of drug-likeness (QED) is 0.828. The SMILES string of the molecule is O=C(O)c1ccc2c(c1)NC(=O)C1(CCCC1)CS2. The number of nitrogens with one attached hydrogen (secondary N) is 1. The minimum atomic E-state index is -0.970. The molecule has 0 saturated heterocycles. The molecule has 100 valence electrons. The molecular formula is C14H15NO3S. The van der Waals surface area contributed by atoms with Gasteiger partial charge in [0.15, 0.2) is 0 Å². The Morgan fingerprint density at radius 3 is 2.74 bits per heavy atom. The van der Waals surface area contributed by atoms with Gasteiger partial charge in [-0.15, -0.1) is 11.8 Å². The number of benzene rings is 1. The molecule has 3 rings (SSSR count). The highest BCUT2D eigenvalue weighted by Crippen LogP contribution is 2.46. The molecule has 1 saturated carbocycles. The van der Waals surface area contributed by atoms with Gasteiger partial charge >= 0.3 is 5.97 Å². The fourth-order valence-electron chi connectivity index (χ4n) is 2.85. The van der Waals surface area contributed by atoms with Crippen LogP contribution >= 0.6 is 11.8 Å². The average molecular weight is 277 g/mol. The molecule has 0 bridgehead atoms. The van der Waals surface area contributed by atoms with Crippen LogP contribution in [0.1, 0.15) is 36.0 Å². The number of amides is 1. The van der Waals surface area contributed by atoms with Crippen molar-refractivity contribution >= 4 is 29.3 Å². The van der Waals surface area contributed by atoms with E-state index in [1.54, 1.807) is 30.0 Å². The van der Waals surface area contributed by atoms with Crippen molar-refractivity contribution < 1.29 is 14.7 Å². The van der Waals surface area contributed by atoms with Gasteiger partial charge in [0.1, 0.15) is 0 Å². The molecule has 1 aromatic carbocycles. The summed E-state index contributed by atoms with van der Waals surface area (Å²) >= 11 is 1.65. The van der Waals surface area contributed by atoms with Gasteiger partial charge in [0, 0.05) is 10.6 Å². The van der Waals surface area contributed by atoms with Crippen molar-refractivity contribution in [1.82, 2.24) is 0 Å². The van der Waals surface area contributed by atoms with Crippen LogP contribution in [0, 0.1) is 5.41 Å². The molecule has 1 spiro atoms. The van der Waals surface area contributed by atoms with E-state index in [1.807, 2.05) is 0 Å². The van der Waals surface area contributed by atoms with E-state index in [1.165, 1.54) is 0 Å². The van der Waals surface area contributed by atoms with Gasteiger partial charge in [0.25, 0.3) is 0 Å². The number of anilines is 1. The topological polar surface area (TPSA) is 66.4 Å². The highest BCUT2D eigenvalue weighted by Gasteiger charge is 2.42. The molecule has 1 aliphatic carbocycles. The molecule has 1 amide bonds. The van der Waals surface area contributed by atoms with Gasteiger partial charge < -0.3 is 10.4 Å². The third-order valence-corrected chi connectivity index (χ3v) is 5.38. The molecule has 0 radical (unpaired) electrons. The number of carboxylic acid groups (broad SMARTS) is 1. The molecule has 1 fully saturated rings. The number of carbonyl (C=O) groups excluding carboxylic acids is 1. The molecule has 4 nitrogen and oxygen atoms in total. The van der Waals surface area contributed by atoms with E-state index >= 15 is 0 Å². The minimum Gasteiger partial charge on any atom is -0.478 e. The van der Waals surface area contributed by atoms with Gasteiger partial charge in [-0.3, -0.25) is 4.79 Å². The zero-order chi connectivity index (χ0) is 13.5. The molecule has 19 heavy (non-hydrogen) atoms. The van der Waals surface area contributed by atoms with Gasteiger partial charge in [-0.25, -0.2) is 4.79 Å². The minimum absolute atomic E-state index is 0.0544. The van der Waals surface area contributed by atoms with Crippen LogP contribution in [-0.2, 0) is 4.79 Å². The van der Waals surface area contributed by atoms with E-state index in [4.69, 9.17) is 5.11 Å². The maximum absolute atomic E-state index is 12.4. The fraction of sp³-hybridized carbons (Fsp3) is 0.429. The Labute approximate surface area is 115 Å². The highest BCUT2D eigenvalue weighted by molar-refractivity contribution is 7.99. The van der Waals surface area contributed by atoms with Crippen molar-refractivity contribution in [3.05, 3.63) is 23.8 Å². The number of fused-ring (bicyclic) bond motifs is 1. The van der Waals surface area contributed by atoms with Crippen molar-refractivity contribution in [2.45, 2.75) is 30.6 Å². The second kappa shape index (κ2) is 4.56. The Hall–Kier alpha value is -1.49. The Bertz CT molecular complexity index is 550. The van der Waals surface area contributed by atoms with Gasteiger partial charge in [0.2, 0.25) is 5.91 Å². The monoisotopic (exact) mass is 277 g/mol. The van der Waals surface area contributed by atoms with Crippen molar-refractivity contribution in [1.29, 1.82) is 0 Å². The van der Waals surface area contributed by atoms with E-state index < -0.39 is 5.97 Å². The third-order valence-electron chi connectivity index (χ3n) is 4.02. The molecule has 5 heteroatoms. The van der Waals surface area contributed by atoms with Crippen LogP contribution in [0.4, 0.5) is 5.69 Å².